The van der Waals surface area contributed by atoms with Gasteiger partial charge in [0.25, 0.3) is 0 Å². The molecule has 0 aliphatic heterocycles. The number of hydrogen-bond donors (Lipinski definition) is 0. The van der Waals surface area contributed by atoms with Crippen molar-refractivity contribution in [1.29, 1.82) is 0 Å². The van der Waals surface area contributed by atoms with Crippen LogP contribution in [-0.4, -0.2) is 11.6 Å². The molecule has 36 heavy (non-hydrogen) atoms. The fourth-order valence-corrected chi connectivity index (χ4v) is 6.52. The van der Waals surface area contributed by atoms with E-state index in [2.05, 4.69) is 57.3 Å². The number of nitrogens with zero attached hydrogens (tertiary/aromatic N) is 1. The van der Waals surface area contributed by atoms with E-state index < -0.39 is 0 Å². The average Bonchev–Trinajstić information content (AvgIpc) is 2.90. The van der Waals surface area contributed by atoms with Crippen molar-refractivity contribution < 1.29 is 4.74 Å². The van der Waals surface area contributed by atoms with Crippen molar-refractivity contribution in [3.63, 3.8) is 0 Å². The highest BCUT2D eigenvalue weighted by molar-refractivity contribution is 5.62. The van der Waals surface area contributed by atoms with E-state index in [1.807, 2.05) is 0 Å². The molecule has 0 amide bonds. The van der Waals surface area contributed by atoms with Crippen LogP contribution >= 0.6 is 0 Å². The first-order valence-corrected chi connectivity index (χ1v) is 15.3. The third-order valence-electron chi connectivity index (χ3n) is 9.25. The van der Waals surface area contributed by atoms with E-state index in [1.165, 1.54) is 113 Å². The zero-order chi connectivity index (χ0) is 25.2. The lowest BCUT2D eigenvalue weighted by Gasteiger charge is -2.57. The first kappa shape index (κ1) is 27.2. The lowest BCUT2D eigenvalue weighted by molar-refractivity contribution is 0.0183. The molecule has 1 aromatic carbocycles. The van der Waals surface area contributed by atoms with Crippen LogP contribution in [0.3, 0.4) is 0 Å². The molecule has 2 bridgehead atoms. The second-order valence-electron chi connectivity index (χ2n) is 12.2. The van der Waals surface area contributed by atoms with Gasteiger partial charge in [0.2, 0.25) is 0 Å². The molecule has 3 aliphatic rings. The summed E-state index contributed by atoms with van der Waals surface area (Å²) in [6.45, 7) is 7.98. The van der Waals surface area contributed by atoms with Crippen LogP contribution in [0.2, 0.25) is 0 Å². The predicted molar refractivity (Wildman–Crippen MR) is 154 cm³/mol. The van der Waals surface area contributed by atoms with Gasteiger partial charge >= 0.3 is 0 Å². The average molecular weight is 490 g/mol. The molecule has 0 spiro atoms. The number of unbranched alkanes of at least 4 members (excludes halogenated alkanes) is 13. The molecule has 0 N–H and O–H groups in total. The predicted octanol–water partition coefficient (Wildman–Crippen LogP) is 10.3. The van der Waals surface area contributed by atoms with Gasteiger partial charge in [-0.1, -0.05) is 104 Å². The van der Waals surface area contributed by atoms with Gasteiger partial charge in [-0.3, -0.25) is 4.98 Å². The van der Waals surface area contributed by atoms with Crippen molar-refractivity contribution >= 4 is 0 Å². The summed E-state index contributed by atoms with van der Waals surface area (Å²) in [5, 5.41) is 0. The lowest BCUT2D eigenvalue weighted by atomic mass is 9.47. The zero-order valence-corrected chi connectivity index (χ0v) is 23.5. The number of hydrogen-bond acceptors (Lipinski definition) is 2. The smallest absolute Gasteiger partial charge is 0.119 e. The summed E-state index contributed by atoms with van der Waals surface area (Å²) >= 11 is 0. The van der Waals surface area contributed by atoms with Crippen LogP contribution in [0.1, 0.15) is 134 Å². The van der Waals surface area contributed by atoms with E-state index in [-0.39, 0.29) is 0 Å². The molecule has 1 fully saturated rings. The van der Waals surface area contributed by atoms with Crippen LogP contribution in [0, 0.1) is 11.3 Å². The number of pyridine rings is 1. The second-order valence-corrected chi connectivity index (χ2v) is 12.2. The van der Waals surface area contributed by atoms with Crippen LogP contribution in [0.15, 0.2) is 36.5 Å². The van der Waals surface area contributed by atoms with Gasteiger partial charge in [0.1, 0.15) is 5.75 Å². The van der Waals surface area contributed by atoms with E-state index in [9.17, 15) is 0 Å². The van der Waals surface area contributed by atoms with Crippen molar-refractivity contribution in [2.75, 3.05) is 6.61 Å². The Morgan fingerprint density at radius 3 is 1.97 bits per heavy atom. The second kappa shape index (κ2) is 13.6. The summed E-state index contributed by atoms with van der Waals surface area (Å²) in [4.78, 5) is 4.84. The molecule has 2 nitrogen and oxygen atoms in total. The van der Waals surface area contributed by atoms with E-state index >= 15 is 0 Å². The van der Waals surface area contributed by atoms with Gasteiger partial charge in [-0.2, -0.15) is 0 Å². The van der Waals surface area contributed by atoms with Gasteiger partial charge in [-0.15, -0.1) is 0 Å². The quantitative estimate of drug-likeness (QED) is 0.206. The minimum atomic E-state index is 0.460. The lowest BCUT2D eigenvalue weighted by Crippen LogP contribution is -2.48. The van der Waals surface area contributed by atoms with E-state index in [0.29, 0.717) is 11.3 Å². The van der Waals surface area contributed by atoms with Gasteiger partial charge in [0.05, 0.1) is 12.3 Å². The Morgan fingerprint density at radius 2 is 1.39 bits per heavy atom. The molecule has 2 atom stereocenters. The summed E-state index contributed by atoms with van der Waals surface area (Å²) in [5.41, 5.74) is 5.78. The number of ether oxygens (including phenoxy) is 1. The van der Waals surface area contributed by atoms with Crippen LogP contribution < -0.4 is 4.74 Å². The molecule has 1 saturated carbocycles. The number of rotatable bonds is 17. The van der Waals surface area contributed by atoms with E-state index in [1.54, 1.807) is 0 Å². The molecule has 0 unspecified atom stereocenters. The fourth-order valence-electron chi connectivity index (χ4n) is 6.52. The van der Waals surface area contributed by atoms with Crippen molar-refractivity contribution in [1.82, 2.24) is 4.98 Å². The standard InChI is InChI=1S/C34H51NO/c1-4-5-6-7-8-9-10-11-12-13-14-15-16-17-22-36-30-20-18-27(19-21-30)33-24-28-23-29-25-32(34(29,2)3)31(28)26-35-33/h18-21,24,26,29,32H,4-17,22-23,25H2,1-3H3/t29-,32-/m0/s1. The third kappa shape index (κ3) is 7.14. The van der Waals surface area contributed by atoms with Gasteiger partial charge in [0.15, 0.2) is 0 Å². The highest BCUT2D eigenvalue weighted by Gasteiger charge is 2.52. The molecule has 2 aromatic rings. The van der Waals surface area contributed by atoms with Crippen LogP contribution in [0.4, 0.5) is 0 Å². The van der Waals surface area contributed by atoms with Crippen LogP contribution in [0.5, 0.6) is 5.75 Å². The Hall–Kier alpha value is -1.83. The normalized spacial score (nSPS) is 19.5. The molecule has 3 aliphatic carbocycles. The third-order valence-corrected chi connectivity index (χ3v) is 9.25. The maximum absolute atomic E-state index is 6.02. The van der Waals surface area contributed by atoms with Crippen molar-refractivity contribution in [3.8, 4) is 17.0 Å². The molecular formula is C34H51NO. The van der Waals surface area contributed by atoms with Gasteiger partial charge in [0, 0.05) is 11.8 Å². The molecule has 198 valence electrons. The Bertz CT molecular complexity index is 915. The Balaban J connectivity index is 1.05. The van der Waals surface area contributed by atoms with Crippen molar-refractivity contribution in [2.45, 2.75) is 129 Å². The van der Waals surface area contributed by atoms with Gasteiger partial charge in [-0.05, 0) is 78.0 Å². The SMILES string of the molecule is CCCCCCCCCCCCCCCCOc1ccc(-c2cc3c(cn2)[C@@H]2C[C@H](C3)C2(C)C)cc1. The largest absolute Gasteiger partial charge is 0.494 e. The molecule has 1 heterocycles. The van der Waals surface area contributed by atoms with Crippen LogP contribution in [-0.2, 0) is 6.42 Å². The summed E-state index contributed by atoms with van der Waals surface area (Å²) in [6, 6.07) is 10.9. The fraction of sp³-hybridized carbons (Fsp3) is 0.676. The first-order valence-electron chi connectivity index (χ1n) is 15.3. The minimum absolute atomic E-state index is 0.460. The van der Waals surface area contributed by atoms with Crippen molar-refractivity contribution in [3.05, 3.63) is 47.7 Å². The summed E-state index contributed by atoms with van der Waals surface area (Å²) < 4.78 is 6.02. The van der Waals surface area contributed by atoms with Crippen molar-refractivity contribution in [2.24, 2.45) is 11.3 Å². The Labute approximate surface area is 221 Å². The molecule has 2 heteroatoms. The molecule has 0 saturated heterocycles. The topological polar surface area (TPSA) is 22.1 Å². The summed E-state index contributed by atoms with van der Waals surface area (Å²) in [6.07, 6.45) is 24.2. The zero-order valence-electron chi connectivity index (χ0n) is 23.5. The maximum Gasteiger partial charge on any atom is 0.119 e. The Kier molecular flexibility index (Phi) is 10.3. The maximum atomic E-state index is 6.02. The highest BCUT2D eigenvalue weighted by atomic mass is 16.5. The summed E-state index contributed by atoms with van der Waals surface area (Å²) in [7, 11) is 0. The van der Waals surface area contributed by atoms with Crippen LogP contribution in [0.25, 0.3) is 11.3 Å². The van der Waals surface area contributed by atoms with Gasteiger partial charge in [-0.25, -0.2) is 0 Å². The van der Waals surface area contributed by atoms with Gasteiger partial charge < -0.3 is 4.74 Å². The monoisotopic (exact) mass is 489 g/mol. The molecule has 5 rings (SSSR count). The summed E-state index contributed by atoms with van der Waals surface area (Å²) in [5.74, 6) is 2.53. The molecule has 1 aromatic heterocycles. The minimum Gasteiger partial charge on any atom is -0.494 e. The highest BCUT2D eigenvalue weighted by Crippen LogP contribution is 2.62. The Morgan fingerprint density at radius 1 is 0.806 bits per heavy atom. The van der Waals surface area contributed by atoms with E-state index in [0.717, 1.165) is 30.4 Å². The first-order chi connectivity index (χ1) is 17.6. The molecule has 0 radical (unpaired) electrons. The molecular weight excluding hydrogens is 438 g/mol. The van der Waals surface area contributed by atoms with E-state index in [4.69, 9.17) is 9.72 Å². The number of benzene rings is 1. The number of aromatic nitrogens is 1.